The first-order chi connectivity index (χ1) is 18.9. The van der Waals surface area contributed by atoms with E-state index in [1.165, 1.54) is 5.69 Å². The summed E-state index contributed by atoms with van der Waals surface area (Å²) >= 11 is 3.48. The van der Waals surface area contributed by atoms with Crippen molar-refractivity contribution in [2.75, 3.05) is 36.0 Å². The number of aliphatic imine (C=N–C) groups is 1. The van der Waals surface area contributed by atoms with Crippen molar-refractivity contribution >= 4 is 50.2 Å². The number of benzene rings is 3. The highest BCUT2D eigenvalue weighted by Crippen LogP contribution is 2.33. The van der Waals surface area contributed by atoms with Crippen LogP contribution >= 0.6 is 15.9 Å². The van der Waals surface area contributed by atoms with Crippen LogP contribution in [0.2, 0.25) is 0 Å². The van der Waals surface area contributed by atoms with Gasteiger partial charge in [0.05, 0.1) is 33.7 Å². The summed E-state index contributed by atoms with van der Waals surface area (Å²) in [6, 6.07) is 20.0. The van der Waals surface area contributed by atoms with Crippen molar-refractivity contribution < 1.29 is 0 Å². The number of anilines is 2. The molecule has 10 heteroatoms. The second-order valence-corrected chi connectivity index (χ2v) is 10.7. The van der Waals surface area contributed by atoms with Crippen molar-refractivity contribution in [3.63, 3.8) is 0 Å². The molecule has 2 aromatic heterocycles. The van der Waals surface area contributed by atoms with Crippen molar-refractivity contribution in [3.05, 3.63) is 103 Å². The standard InChI is InChI=1S/C29H28BrN7O2/c1-18-14-20(30)8-9-26(18)37-28(38)22(19(2)34-37)17-31-25-15-23-24(33-29(39)32-23)16-27(25)36-12-10-35(11-13-36)21-6-4-3-5-7-21/h3-9,14-17,34H,10-13H2,1-2H3,(H2,32,33,39). The molecule has 0 bridgehead atoms. The van der Waals surface area contributed by atoms with Gasteiger partial charge in [-0.2, -0.15) is 0 Å². The molecule has 3 N–H and O–H groups in total. The van der Waals surface area contributed by atoms with Crippen LogP contribution in [0.4, 0.5) is 17.1 Å². The predicted octanol–water partition coefficient (Wildman–Crippen LogP) is 4.79. The molecule has 1 fully saturated rings. The average Bonchev–Trinajstić information content (AvgIpc) is 3.44. The molecule has 0 atom stereocenters. The van der Waals surface area contributed by atoms with E-state index in [0.717, 1.165) is 58.8 Å². The lowest BCUT2D eigenvalue weighted by molar-refractivity contribution is 0.654. The number of nitrogens with zero attached hydrogens (tertiary/aromatic N) is 4. The predicted molar refractivity (Wildman–Crippen MR) is 161 cm³/mol. The molecule has 6 rings (SSSR count). The topological polar surface area (TPSA) is 105 Å². The Morgan fingerprint density at radius 1 is 0.846 bits per heavy atom. The molecule has 1 saturated heterocycles. The highest BCUT2D eigenvalue weighted by molar-refractivity contribution is 9.10. The molecular weight excluding hydrogens is 558 g/mol. The fourth-order valence-electron chi connectivity index (χ4n) is 5.15. The fourth-order valence-corrected chi connectivity index (χ4v) is 5.62. The highest BCUT2D eigenvalue weighted by Gasteiger charge is 2.21. The quantitative estimate of drug-likeness (QED) is 0.258. The van der Waals surface area contributed by atoms with Gasteiger partial charge in [-0.05, 0) is 61.9 Å². The number of para-hydroxylation sites is 1. The lowest BCUT2D eigenvalue weighted by Crippen LogP contribution is -2.46. The van der Waals surface area contributed by atoms with Crippen LogP contribution in [0.1, 0.15) is 16.8 Å². The smallest absolute Gasteiger partial charge is 0.323 e. The average molecular weight is 586 g/mol. The molecule has 3 heterocycles. The van der Waals surface area contributed by atoms with Gasteiger partial charge in [0.1, 0.15) is 0 Å². The van der Waals surface area contributed by atoms with E-state index in [1.54, 1.807) is 10.9 Å². The van der Waals surface area contributed by atoms with Crippen molar-refractivity contribution in [3.8, 4) is 5.69 Å². The molecule has 3 aromatic carbocycles. The first kappa shape index (κ1) is 25.0. The lowest BCUT2D eigenvalue weighted by Gasteiger charge is -2.37. The molecule has 0 unspecified atom stereocenters. The van der Waals surface area contributed by atoms with Crippen molar-refractivity contribution in [1.82, 2.24) is 19.7 Å². The minimum Gasteiger partial charge on any atom is -0.368 e. The van der Waals surface area contributed by atoms with Crippen molar-refractivity contribution in [1.29, 1.82) is 0 Å². The van der Waals surface area contributed by atoms with Crippen LogP contribution in [-0.4, -0.2) is 52.1 Å². The van der Waals surface area contributed by atoms with Crippen LogP contribution in [0, 0.1) is 13.8 Å². The van der Waals surface area contributed by atoms with Crippen LogP contribution in [0.3, 0.4) is 0 Å². The number of fused-ring (bicyclic) bond motifs is 1. The summed E-state index contributed by atoms with van der Waals surface area (Å²) in [6.45, 7) is 7.16. The van der Waals surface area contributed by atoms with E-state index in [2.05, 4.69) is 65.1 Å². The minimum absolute atomic E-state index is 0.171. The lowest BCUT2D eigenvalue weighted by atomic mass is 10.1. The normalized spacial score (nSPS) is 14.1. The summed E-state index contributed by atoms with van der Waals surface area (Å²) in [7, 11) is 0. The SMILES string of the molecule is Cc1cc(Br)ccc1-n1[nH]c(C)c(C=Nc2cc3[nH]c(=O)[nH]c3cc2N2CCN(c3ccccc3)CC2)c1=O. The minimum atomic E-state index is -0.264. The number of imidazole rings is 1. The number of piperazine rings is 1. The van der Waals surface area contributed by atoms with E-state index in [-0.39, 0.29) is 11.2 Å². The molecule has 0 radical (unpaired) electrons. The first-order valence-corrected chi connectivity index (χ1v) is 13.6. The number of aromatic amines is 3. The molecule has 1 aliphatic rings. The van der Waals surface area contributed by atoms with Gasteiger partial charge in [0.25, 0.3) is 5.56 Å². The highest BCUT2D eigenvalue weighted by atomic mass is 79.9. The number of aromatic nitrogens is 4. The molecule has 198 valence electrons. The Balaban J connectivity index is 1.34. The molecule has 0 saturated carbocycles. The number of rotatable bonds is 5. The maximum Gasteiger partial charge on any atom is 0.323 e. The maximum absolute atomic E-state index is 13.4. The van der Waals surface area contributed by atoms with Crippen LogP contribution < -0.4 is 21.0 Å². The number of aryl methyl sites for hydroxylation is 2. The van der Waals surface area contributed by atoms with Crippen LogP contribution in [-0.2, 0) is 0 Å². The number of hydrogen-bond donors (Lipinski definition) is 3. The van der Waals surface area contributed by atoms with E-state index in [0.29, 0.717) is 16.8 Å². The Hall–Kier alpha value is -4.31. The van der Waals surface area contributed by atoms with Gasteiger partial charge >= 0.3 is 5.69 Å². The summed E-state index contributed by atoms with van der Waals surface area (Å²) in [4.78, 5) is 40.5. The van der Waals surface area contributed by atoms with Crippen LogP contribution in [0.15, 0.2) is 79.7 Å². The summed E-state index contributed by atoms with van der Waals surface area (Å²) in [5, 5.41) is 3.19. The van der Waals surface area contributed by atoms with E-state index < -0.39 is 0 Å². The fraction of sp³-hybridized carbons (Fsp3) is 0.207. The third kappa shape index (κ3) is 4.83. The van der Waals surface area contributed by atoms with E-state index >= 15 is 0 Å². The summed E-state index contributed by atoms with van der Waals surface area (Å²) < 4.78 is 2.51. The molecular formula is C29H28BrN7O2. The second-order valence-electron chi connectivity index (χ2n) is 9.76. The molecule has 1 aliphatic heterocycles. The zero-order valence-electron chi connectivity index (χ0n) is 21.7. The zero-order valence-corrected chi connectivity index (χ0v) is 23.2. The van der Waals surface area contributed by atoms with Gasteiger partial charge < -0.3 is 19.8 Å². The van der Waals surface area contributed by atoms with Gasteiger partial charge in [-0.15, -0.1) is 0 Å². The van der Waals surface area contributed by atoms with Crippen molar-refractivity contribution in [2.24, 2.45) is 4.99 Å². The summed E-state index contributed by atoms with van der Waals surface area (Å²) in [6.07, 6.45) is 1.62. The van der Waals surface area contributed by atoms with Gasteiger partial charge in [0.2, 0.25) is 0 Å². The second kappa shape index (κ2) is 10.1. The monoisotopic (exact) mass is 585 g/mol. The van der Waals surface area contributed by atoms with E-state index in [9.17, 15) is 9.59 Å². The number of H-pyrrole nitrogens is 3. The van der Waals surface area contributed by atoms with Gasteiger partial charge in [0.15, 0.2) is 0 Å². The molecule has 0 amide bonds. The number of halogens is 1. The Kier molecular flexibility index (Phi) is 6.48. The Labute approximate surface area is 232 Å². The summed E-state index contributed by atoms with van der Waals surface area (Å²) in [5.41, 5.74) is 6.75. The van der Waals surface area contributed by atoms with Crippen molar-refractivity contribution in [2.45, 2.75) is 13.8 Å². The first-order valence-electron chi connectivity index (χ1n) is 12.8. The van der Waals surface area contributed by atoms with Gasteiger partial charge in [-0.1, -0.05) is 34.1 Å². The third-order valence-corrected chi connectivity index (χ3v) is 7.70. The van der Waals surface area contributed by atoms with Gasteiger partial charge in [0, 0.05) is 48.2 Å². The molecule has 0 aliphatic carbocycles. The zero-order chi connectivity index (χ0) is 27.1. The van der Waals surface area contributed by atoms with Gasteiger partial charge in [-0.3, -0.25) is 14.9 Å². The molecule has 39 heavy (non-hydrogen) atoms. The number of hydrogen-bond acceptors (Lipinski definition) is 5. The number of nitrogens with one attached hydrogen (secondary N) is 3. The van der Waals surface area contributed by atoms with E-state index in [4.69, 9.17) is 4.99 Å². The third-order valence-electron chi connectivity index (χ3n) is 7.20. The largest absolute Gasteiger partial charge is 0.368 e. The Morgan fingerprint density at radius 3 is 2.26 bits per heavy atom. The maximum atomic E-state index is 13.4. The molecule has 5 aromatic rings. The Morgan fingerprint density at radius 2 is 1.54 bits per heavy atom. The Bertz CT molecular complexity index is 1810. The van der Waals surface area contributed by atoms with Gasteiger partial charge in [-0.25, -0.2) is 9.48 Å². The molecule has 0 spiro atoms. The summed E-state index contributed by atoms with van der Waals surface area (Å²) in [5.74, 6) is 0. The molecule has 9 nitrogen and oxygen atoms in total. The van der Waals surface area contributed by atoms with Crippen LogP contribution in [0.5, 0.6) is 0 Å². The van der Waals surface area contributed by atoms with Crippen LogP contribution in [0.25, 0.3) is 16.7 Å². The van der Waals surface area contributed by atoms with E-state index in [1.807, 2.05) is 50.2 Å².